The number of rotatable bonds is 8. The standard InChI is InChI=1S/C20H23FN6O7/c1-10(28)31-9-16-18(32-11(2)29)17(19(33-12(3)30)20(34-16)26-27-23)24-8-15(25-22)13-5-4-6-14(21)7-13/h4-8,16-20H,9,22H2,1-3H3/t16?,17?,18-,19?,20?/m0/s1. The number of carbonyl (C=O) groups excluding carboxylic acids is 3. The zero-order valence-electron chi connectivity index (χ0n) is 18.5. The van der Waals surface area contributed by atoms with Crippen LogP contribution in [0.15, 0.2) is 39.5 Å². The first kappa shape index (κ1) is 26.2. The number of hydrogen-bond acceptors (Lipinski definition) is 11. The summed E-state index contributed by atoms with van der Waals surface area (Å²) in [5, 5.41) is 7.09. The van der Waals surface area contributed by atoms with Gasteiger partial charge in [0.25, 0.3) is 0 Å². The van der Waals surface area contributed by atoms with E-state index in [0.717, 1.165) is 27.0 Å². The molecule has 0 spiro atoms. The van der Waals surface area contributed by atoms with Crippen LogP contribution in [0.2, 0.25) is 0 Å². The fourth-order valence-corrected chi connectivity index (χ4v) is 3.20. The smallest absolute Gasteiger partial charge is 0.303 e. The minimum Gasteiger partial charge on any atom is -0.463 e. The average Bonchev–Trinajstić information content (AvgIpc) is 2.75. The van der Waals surface area contributed by atoms with Gasteiger partial charge in [0.15, 0.2) is 18.4 Å². The van der Waals surface area contributed by atoms with Gasteiger partial charge in [-0.2, -0.15) is 5.10 Å². The van der Waals surface area contributed by atoms with E-state index in [1.807, 2.05) is 0 Å². The quantitative estimate of drug-likeness (QED) is 0.0847. The Morgan fingerprint density at radius 1 is 1.18 bits per heavy atom. The van der Waals surface area contributed by atoms with E-state index in [4.69, 9.17) is 30.3 Å². The van der Waals surface area contributed by atoms with E-state index in [1.54, 1.807) is 0 Å². The number of nitrogens with two attached hydrogens (primary N) is 1. The Labute approximate surface area is 193 Å². The van der Waals surface area contributed by atoms with Crippen LogP contribution in [0.5, 0.6) is 0 Å². The number of azide groups is 1. The minimum atomic E-state index is -1.41. The zero-order valence-corrected chi connectivity index (χ0v) is 18.5. The van der Waals surface area contributed by atoms with Crippen LogP contribution in [0, 0.1) is 5.82 Å². The van der Waals surface area contributed by atoms with Gasteiger partial charge in [-0.3, -0.25) is 19.4 Å². The lowest BCUT2D eigenvalue weighted by molar-refractivity contribution is -0.215. The number of carbonyl (C=O) groups is 3. The Kier molecular flexibility index (Phi) is 9.47. The molecule has 34 heavy (non-hydrogen) atoms. The van der Waals surface area contributed by atoms with Crippen molar-refractivity contribution < 1.29 is 37.7 Å². The van der Waals surface area contributed by atoms with Crippen LogP contribution in [0.25, 0.3) is 10.4 Å². The molecule has 5 atom stereocenters. The Bertz CT molecular complexity index is 1030. The third-order valence-electron chi connectivity index (χ3n) is 4.48. The van der Waals surface area contributed by atoms with Gasteiger partial charge in [0.2, 0.25) is 0 Å². The summed E-state index contributed by atoms with van der Waals surface area (Å²) < 4.78 is 34.9. The molecule has 0 radical (unpaired) electrons. The number of hydrogen-bond donors (Lipinski definition) is 1. The fraction of sp³-hybridized carbons (Fsp3) is 0.450. The van der Waals surface area contributed by atoms with Crippen LogP contribution in [0.4, 0.5) is 4.39 Å². The normalized spacial score (nSPS) is 24.7. The van der Waals surface area contributed by atoms with Crippen molar-refractivity contribution in [2.45, 2.75) is 51.4 Å². The van der Waals surface area contributed by atoms with Crippen molar-refractivity contribution >= 4 is 29.8 Å². The van der Waals surface area contributed by atoms with Gasteiger partial charge in [0.05, 0.1) is 6.21 Å². The second-order valence-electron chi connectivity index (χ2n) is 7.01. The van der Waals surface area contributed by atoms with Crippen LogP contribution < -0.4 is 5.84 Å². The first-order chi connectivity index (χ1) is 16.2. The fourth-order valence-electron chi connectivity index (χ4n) is 3.20. The molecule has 1 aromatic rings. The van der Waals surface area contributed by atoms with Crippen LogP contribution >= 0.6 is 0 Å². The predicted octanol–water partition coefficient (Wildman–Crippen LogP) is 1.39. The summed E-state index contributed by atoms with van der Waals surface area (Å²) in [6.07, 6.45) is -3.96. The van der Waals surface area contributed by atoms with E-state index >= 15 is 0 Å². The van der Waals surface area contributed by atoms with Crippen molar-refractivity contribution in [2.75, 3.05) is 6.61 Å². The highest BCUT2D eigenvalue weighted by molar-refractivity contribution is 6.38. The monoisotopic (exact) mass is 478 g/mol. The molecule has 1 aliphatic rings. The number of hydrazone groups is 1. The minimum absolute atomic E-state index is 0.0472. The molecule has 2 N–H and O–H groups in total. The van der Waals surface area contributed by atoms with Crippen molar-refractivity contribution in [3.05, 3.63) is 46.1 Å². The van der Waals surface area contributed by atoms with Crippen molar-refractivity contribution in [1.82, 2.24) is 0 Å². The summed E-state index contributed by atoms with van der Waals surface area (Å²) in [5.41, 5.74) is 9.29. The van der Waals surface area contributed by atoms with Gasteiger partial charge in [0, 0.05) is 31.2 Å². The maximum absolute atomic E-state index is 13.6. The Hall–Kier alpha value is -4.03. The molecule has 1 fully saturated rings. The second kappa shape index (κ2) is 12.3. The lowest BCUT2D eigenvalue weighted by Gasteiger charge is -2.42. The average molecular weight is 478 g/mol. The summed E-state index contributed by atoms with van der Waals surface area (Å²) in [4.78, 5) is 41.9. The van der Waals surface area contributed by atoms with Gasteiger partial charge >= 0.3 is 17.9 Å². The van der Waals surface area contributed by atoms with E-state index in [0.29, 0.717) is 0 Å². The number of benzene rings is 1. The maximum atomic E-state index is 13.6. The molecule has 1 saturated heterocycles. The molecular formula is C20H23FN6O7. The van der Waals surface area contributed by atoms with Gasteiger partial charge in [-0.25, -0.2) is 4.39 Å². The molecule has 182 valence electrons. The van der Waals surface area contributed by atoms with Gasteiger partial charge < -0.3 is 24.8 Å². The van der Waals surface area contributed by atoms with Crippen molar-refractivity contribution in [3.63, 3.8) is 0 Å². The molecule has 1 aromatic carbocycles. The van der Waals surface area contributed by atoms with Gasteiger partial charge in [0.1, 0.15) is 30.3 Å². The van der Waals surface area contributed by atoms with E-state index in [-0.39, 0.29) is 17.9 Å². The number of nitrogens with zero attached hydrogens (tertiary/aromatic N) is 5. The molecule has 14 heteroatoms. The van der Waals surface area contributed by atoms with E-state index < -0.39 is 54.3 Å². The predicted molar refractivity (Wildman–Crippen MR) is 115 cm³/mol. The van der Waals surface area contributed by atoms with Gasteiger partial charge in [-0.15, -0.1) is 0 Å². The molecule has 0 bridgehead atoms. The molecule has 1 heterocycles. The van der Waals surface area contributed by atoms with E-state index in [2.05, 4.69) is 20.1 Å². The highest BCUT2D eigenvalue weighted by Gasteiger charge is 2.49. The summed E-state index contributed by atoms with van der Waals surface area (Å²) in [6, 6.07) is 4.16. The third kappa shape index (κ3) is 7.25. The highest BCUT2D eigenvalue weighted by atomic mass is 19.1. The topological polar surface area (TPSA) is 188 Å². The van der Waals surface area contributed by atoms with Crippen LogP contribution in [-0.2, 0) is 33.3 Å². The first-order valence-electron chi connectivity index (χ1n) is 9.90. The second-order valence-corrected chi connectivity index (χ2v) is 7.01. The number of esters is 3. The number of ether oxygens (including phenoxy) is 4. The molecule has 2 rings (SSSR count). The molecular weight excluding hydrogens is 455 g/mol. The Morgan fingerprint density at radius 2 is 1.85 bits per heavy atom. The summed E-state index contributed by atoms with van der Waals surface area (Å²) in [7, 11) is 0. The molecule has 0 aliphatic carbocycles. The summed E-state index contributed by atoms with van der Waals surface area (Å²) in [6.45, 7) is 3.02. The lowest BCUT2D eigenvalue weighted by atomic mass is 9.95. The van der Waals surface area contributed by atoms with Crippen molar-refractivity contribution in [1.29, 1.82) is 0 Å². The molecule has 0 saturated carbocycles. The number of aliphatic imine (C=N–C) groups is 1. The van der Waals surface area contributed by atoms with E-state index in [1.165, 1.54) is 24.3 Å². The first-order valence-corrected chi connectivity index (χ1v) is 9.90. The molecule has 13 nitrogen and oxygen atoms in total. The Morgan fingerprint density at radius 3 is 2.41 bits per heavy atom. The zero-order chi connectivity index (χ0) is 25.3. The molecule has 4 unspecified atom stereocenters. The largest absolute Gasteiger partial charge is 0.463 e. The van der Waals surface area contributed by atoms with Crippen LogP contribution in [0.3, 0.4) is 0 Å². The Balaban J connectivity index is 2.54. The molecule has 1 aliphatic heterocycles. The SMILES string of the molecule is CC(=O)OCC1OC(N=[N+]=[N-])C(OC(C)=O)C(N=CC(=NN)c2cccc(F)c2)[C@H]1OC(C)=O. The van der Waals surface area contributed by atoms with Crippen molar-refractivity contribution in [2.24, 2.45) is 21.1 Å². The summed E-state index contributed by atoms with van der Waals surface area (Å²) >= 11 is 0. The van der Waals surface area contributed by atoms with Crippen LogP contribution in [0.1, 0.15) is 26.3 Å². The van der Waals surface area contributed by atoms with Crippen LogP contribution in [-0.4, -0.2) is 67.0 Å². The van der Waals surface area contributed by atoms with Gasteiger partial charge in [-0.1, -0.05) is 17.2 Å². The lowest BCUT2D eigenvalue weighted by Crippen LogP contribution is -2.60. The molecule has 0 aromatic heterocycles. The summed E-state index contributed by atoms with van der Waals surface area (Å²) in [5.74, 6) is 2.76. The van der Waals surface area contributed by atoms with Gasteiger partial charge in [-0.05, 0) is 17.7 Å². The highest BCUT2D eigenvalue weighted by Crippen LogP contribution is 2.30. The van der Waals surface area contributed by atoms with Crippen molar-refractivity contribution in [3.8, 4) is 0 Å². The third-order valence-corrected chi connectivity index (χ3v) is 4.48. The maximum Gasteiger partial charge on any atom is 0.303 e. The number of halogens is 1. The van der Waals surface area contributed by atoms with E-state index in [9.17, 15) is 18.8 Å². The molecule has 0 amide bonds.